The van der Waals surface area contributed by atoms with Gasteiger partial charge < -0.3 is 14.0 Å². The maximum Gasteiger partial charge on any atom is 0.337 e. The Balaban J connectivity index is 0.000000894. The minimum atomic E-state index is -0.533. The molecule has 2 heterocycles. The van der Waals surface area contributed by atoms with Crippen molar-refractivity contribution in [2.45, 2.75) is 67.0 Å². The molecule has 1 aromatic heterocycles. The first-order chi connectivity index (χ1) is 16.5. The second-order valence-corrected chi connectivity index (χ2v) is 7.50. The lowest BCUT2D eigenvalue weighted by atomic mass is 10.1. The van der Waals surface area contributed by atoms with Crippen LogP contribution in [0.5, 0.6) is 0 Å². The predicted molar refractivity (Wildman–Crippen MR) is 136 cm³/mol. The number of carbonyl (C=O) groups is 1. The number of nitrogens with zero attached hydrogens (tertiary/aromatic N) is 2. The zero-order chi connectivity index (χ0) is 25.8. The molecule has 0 radical (unpaired) electrons. The van der Waals surface area contributed by atoms with Crippen LogP contribution >= 0.6 is 15.9 Å². The summed E-state index contributed by atoms with van der Waals surface area (Å²) in [5.74, 6) is -0.915. The van der Waals surface area contributed by atoms with E-state index in [9.17, 15) is 13.6 Å². The zero-order valence-electron chi connectivity index (χ0n) is 21.0. The van der Waals surface area contributed by atoms with Crippen LogP contribution < -0.4 is 0 Å². The number of esters is 1. The third-order valence-corrected chi connectivity index (χ3v) is 5.47. The van der Waals surface area contributed by atoms with Gasteiger partial charge in [0.1, 0.15) is 17.5 Å². The van der Waals surface area contributed by atoms with Crippen molar-refractivity contribution in [1.82, 2.24) is 9.55 Å². The Bertz CT molecular complexity index is 1070. The third kappa shape index (κ3) is 7.09. The summed E-state index contributed by atoms with van der Waals surface area (Å²) in [4.78, 5) is 16.5. The number of benzene rings is 2. The molecule has 4 rings (SSSR count). The summed E-state index contributed by atoms with van der Waals surface area (Å²) in [7, 11) is 1.32. The van der Waals surface area contributed by atoms with E-state index in [1.54, 1.807) is 18.2 Å². The van der Waals surface area contributed by atoms with Crippen LogP contribution in [0.2, 0.25) is 0 Å². The number of halogens is 3. The number of hydrogen-bond acceptors (Lipinski definition) is 4. The average Bonchev–Trinajstić information content (AvgIpc) is 3.19. The second kappa shape index (κ2) is 14.8. The highest BCUT2D eigenvalue weighted by atomic mass is 79.9. The molecule has 0 saturated carbocycles. The van der Waals surface area contributed by atoms with Crippen LogP contribution in [0.15, 0.2) is 34.8 Å². The van der Waals surface area contributed by atoms with Crippen LogP contribution in [-0.2, 0) is 22.4 Å². The number of methoxy groups -OCH3 is 1. The quantitative estimate of drug-likeness (QED) is 0.251. The first-order valence-electron chi connectivity index (χ1n) is 11.8. The Kier molecular flexibility index (Phi) is 13.0. The molecule has 2 aromatic carbocycles. The largest absolute Gasteiger partial charge is 0.465 e. The fraction of sp³-hybridized carbons (Fsp3) is 0.462. The molecule has 1 fully saturated rings. The van der Waals surface area contributed by atoms with Crippen LogP contribution in [0.3, 0.4) is 0 Å². The normalized spacial score (nSPS) is 13.9. The molecule has 34 heavy (non-hydrogen) atoms. The van der Waals surface area contributed by atoms with Crippen molar-refractivity contribution in [2.75, 3.05) is 13.7 Å². The van der Waals surface area contributed by atoms with E-state index in [1.807, 2.05) is 46.1 Å². The Morgan fingerprint density at radius 3 is 2.32 bits per heavy atom. The van der Waals surface area contributed by atoms with Gasteiger partial charge in [-0.1, -0.05) is 41.5 Å². The predicted octanol–water partition coefficient (Wildman–Crippen LogP) is 7.32. The molecule has 0 aliphatic carbocycles. The molecular weight excluding hydrogens is 506 g/mol. The number of hydrogen-bond donors (Lipinski definition) is 0. The van der Waals surface area contributed by atoms with Crippen molar-refractivity contribution in [1.29, 1.82) is 0 Å². The van der Waals surface area contributed by atoms with E-state index in [2.05, 4.69) is 20.9 Å². The maximum atomic E-state index is 14.3. The molecule has 1 unspecified atom stereocenters. The molecule has 188 valence electrons. The van der Waals surface area contributed by atoms with E-state index in [0.29, 0.717) is 30.1 Å². The van der Waals surface area contributed by atoms with E-state index in [1.165, 1.54) is 13.2 Å². The highest BCUT2D eigenvalue weighted by Crippen LogP contribution is 2.26. The first-order valence-corrected chi connectivity index (χ1v) is 12.6. The molecule has 0 spiro atoms. The highest BCUT2D eigenvalue weighted by molar-refractivity contribution is 9.10. The summed E-state index contributed by atoms with van der Waals surface area (Å²) in [6.45, 7) is 13.2. The van der Waals surface area contributed by atoms with Gasteiger partial charge in [-0.25, -0.2) is 18.6 Å². The molecule has 0 bridgehead atoms. The number of ether oxygens (including phenoxy) is 2. The second-order valence-electron chi connectivity index (χ2n) is 6.65. The summed E-state index contributed by atoms with van der Waals surface area (Å²) < 4.78 is 40.6. The van der Waals surface area contributed by atoms with E-state index in [4.69, 9.17) is 9.47 Å². The van der Waals surface area contributed by atoms with E-state index < -0.39 is 17.6 Å². The Morgan fingerprint density at radius 1 is 1.12 bits per heavy atom. The smallest absolute Gasteiger partial charge is 0.337 e. The minimum Gasteiger partial charge on any atom is -0.465 e. The van der Waals surface area contributed by atoms with Gasteiger partial charge >= 0.3 is 5.97 Å². The Morgan fingerprint density at radius 2 is 1.76 bits per heavy atom. The van der Waals surface area contributed by atoms with Crippen molar-refractivity contribution in [3.05, 3.63) is 63.4 Å². The highest BCUT2D eigenvalue weighted by Gasteiger charge is 2.23. The lowest BCUT2D eigenvalue weighted by Gasteiger charge is -2.27. The van der Waals surface area contributed by atoms with Gasteiger partial charge in [-0.05, 0) is 58.2 Å². The maximum absolute atomic E-state index is 14.3. The van der Waals surface area contributed by atoms with Crippen molar-refractivity contribution in [3.8, 4) is 0 Å². The molecule has 5 nitrogen and oxygen atoms in total. The summed E-state index contributed by atoms with van der Waals surface area (Å²) in [5.41, 5.74) is 2.00. The molecular formula is C26H35BrF2N2O3. The van der Waals surface area contributed by atoms with Crippen LogP contribution in [0.25, 0.3) is 11.0 Å². The average molecular weight is 541 g/mol. The van der Waals surface area contributed by atoms with Crippen LogP contribution in [-0.4, -0.2) is 35.3 Å². The van der Waals surface area contributed by atoms with E-state index >= 15 is 0 Å². The molecule has 1 aliphatic rings. The molecule has 0 amide bonds. The number of rotatable bonds is 5. The van der Waals surface area contributed by atoms with Crippen molar-refractivity contribution in [2.24, 2.45) is 0 Å². The zero-order valence-corrected chi connectivity index (χ0v) is 22.6. The van der Waals surface area contributed by atoms with Crippen LogP contribution in [0, 0.1) is 11.6 Å². The molecule has 1 atom stereocenters. The van der Waals surface area contributed by atoms with E-state index in [0.717, 1.165) is 18.0 Å². The number of aromatic nitrogens is 2. The SMILES string of the molecule is CC.CC.CC.COC(=O)c1ccc2nc(Cc3cc(F)c(Br)cc3F)n(CC3CCO3)c2c1. The fourth-order valence-electron chi connectivity index (χ4n) is 3.26. The van der Waals surface area contributed by atoms with Crippen molar-refractivity contribution >= 4 is 32.9 Å². The fourth-order valence-corrected chi connectivity index (χ4v) is 3.57. The molecule has 8 heteroatoms. The van der Waals surface area contributed by atoms with Gasteiger partial charge in [-0.15, -0.1) is 0 Å². The standard InChI is InChI=1S/C20H17BrF2N2O3.3C2H6/c1-27-20(26)11-2-3-17-18(7-11)25(10-13-4-5-28-13)19(24-17)8-12-6-16(23)14(21)9-15(12)22;3*1-2/h2-3,6-7,9,13H,4-5,8,10H2,1H3;3*1-2H3. The number of fused-ring (bicyclic) bond motifs is 1. The van der Waals surface area contributed by atoms with Gasteiger partial charge in [0.25, 0.3) is 0 Å². The van der Waals surface area contributed by atoms with Gasteiger partial charge in [0.2, 0.25) is 0 Å². The monoisotopic (exact) mass is 540 g/mol. The lowest BCUT2D eigenvalue weighted by Crippen LogP contribution is -2.31. The third-order valence-electron chi connectivity index (χ3n) is 4.87. The summed E-state index contributed by atoms with van der Waals surface area (Å²) >= 11 is 2.99. The molecule has 1 aliphatic heterocycles. The van der Waals surface area contributed by atoms with Gasteiger partial charge in [-0.3, -0.25) is 0 Å². The topological polar surface area (TPSA) is 53.3 Å². The Hall–Kier alpha value is -2.32. The summed E-state index contributed by atoms with van der Waals surface area (Å²) in [5, 5.41) is 0. The van der Waals surface area contributed by atoms with Crippen molar-refractivity contribution in [3.63, 3.8) is 0 Å². The van der Waals surface area contributed by atoms with Gasteiger partial charge in [0.15, 0.2) is 0 Å². The van der Waals surface area contributed by atoms with E-state index in [-0.39, 0.29) is 22.6 Å². The van der Waals surface area contributed by atoms with Crippen LogP contribution in [0.4, 0.5) is 8.78 Å². The van der Waals surface area contributed by atoms with Gasteiger partial charge in [-0.2, -0.15) is 0 Å². The van der Waals surface area contributed by atoms with Crippen LogP contribution in [0.1, 0.15) is 69.7 Å². The molecule has 3 aromatic rings. The number of imidazole rings is 1. The lowest BCUT2D eigenvalue weighted by molar-refractivity contribution is -0.0589. The van der Waals surface area contributed by atoms with Gasteiger partial charge in [0.05, 0.1) is 40.8 Å². The first kappa shape index (κ1) is 29.7. The molecule has 0 N–H and O–H groups in total. The van der Waals surface area contributed by atoms with Crippen molar-refractivity contribution < 1.29 is 23.0 Å². The minimum absolute atomic E-state index is 0.0319. The summed E-state index contributed by atoms with van der Waals surface area (Å²) in [6, 6.07) is 7.34. The van der Waals surface area contributed by atoms with Gasteiger partial charge in [0, 0.05) is 13.0 Å². The number of carbonyl (C=O) groups excluding carboxylic acids is 1. The Labute approximate surface area is 209 Å². The molecule has 1 saturated heterocycles. The summed E-state index contributed by atoms with van der Waals surface area (Å²) in [6.07, 6.45) is 1.06.